The molecule has 1 atom stereocenters. The summed E-state index contributed by atoms with van der Waals surface area (Å²) in [4.78, 5) is 11.6. The van der Waals surface area contributed by atoms with Gasteiger partial charge in [-0.3, -0.25) is 4.79 Å². The van der Waals surface area contributed by atoms with Crippen molar-refractivity contribution in [2.24, 2.45) is 5.73 Å². The van der Waals surface area contributed by atoms with Gasteiger partial charge in [0.1, 0.15) is 0 Å². The van der Waals surface area contributed by atoms with E-state index >= 15 is 0 Å². The van der Waals surface area contributed by atoms with Gasteiger partial charge in [0.2, 0.25) is 5.91 Å². The minimum Gasteiger partial charge on any atom is -0.356 e. The van der Waals surface area contributed by atoms with E-state index in [0.717, 1.165) is 19.4 Å². The number of rotatable bonds is 2. The van der Waals surface area contributed by atoms with Crippen LogP contribution in [0.4, 0.5) is 0 Å². The summed E-state index contributed by atoms with van der Waals surface area (Å²) in [5.41, 5.74) is 11.3. The number of carbonyl (C=O) groups is 1. The number of aryl methyl sites for hydroxylation is 3. The van der Waals surface area contributed by atoms with Crippen LogP contribution in [0.5, 0.6) is 0 Å². The van der Waals surface area contributed by atoms with Gasteiger partial charge >= 0.3 is 0 Å². The van der Waals surface area contributed by atoms with Crippen molar-refractivity contribution in [1.29, 1.82) is 0 Å². The summed E-state index contributed by atoms with van der Waals surface area (Å²) in [5.74, 6) is 0.151. The number of benzene rings is 1. The van der Waals surface area contributed by atoms with E-state index in [4.69, 9.17) is 5.73 Å². The van der Waals surface area contributed by atoms with E-state index in [-0.39, 0.29) is 11.3 Å². The molecule has 1 heterocycles. The Morgan fingerprint density at radius 3 is 2.42 bits per heavy atom. The fourth-order valence-corrected chi connectivity index (χ4v) is 3.58. The molecule has 19 heavy (non-hydrogen) atoms. The van der Waals surface area contributed by atoms with Gasteiger partial charge < -0.3 is 11.1 Å². The Hall–Kier alpha value is -1.35. The topological polar surface area (TPSA) is 55.1 Å². The van der Waals surface area contributed by atoms with Crippen molar-refractivity contribution in [3.63, 3.8) is 0 Å². The zero-order chi connectivity index (χ0) is 14.0. The zero-order valence-corrected chi connectivity index (χ0v) is 12.2. The second kappa shape index (κ2) is 5.33. The minimum atomic E-state index is -0.0545. The van der Waals surface area contributed by atoms with Crippen molar-refractivity contribution in [1.82, 2.24) is 5.32 Å². The first-order valence-electron chi connectivity index (χ1n) is 7.03. The van der Waals surface area contributed by atoms with Crippen molar-refractivity contribution >= 4 is 5.91 Å². The number of carbonyl (C=O) groups excluding carboxylic acids is 1. The average molecular weight is 260 g/mol. The van der Waals surface area contributed by atoms with Crippen LogP contribution in [-0.2, 0) is 10.2 Å². The fraction of sp³-hybridized carbons (Fsp3) is 0.562. The predicted octanol–water partition coefficient (Wildman–Crippen LogP) is 2.11. The summed E-state index contributed by atoms with van der Waals surface area (Å²) in [6, 6.07) is 4.44. The third-order valence-corrected chi connectivity index (χ3v) is 4.35. The summed E-state index contributed by atoms with van der Waals surface area (Å²) in [6.07, 6.45) is 2.35. The van der Waals surface area contributed by atoms with Crippen molar-refractivity contribution in [2.75, 3.05) is 13.1 Å². The van der Waals surface area contributed by atoms with Crippen molar-refractivity contribution < 1.29 is 4.79 Å². The standard InChI is InChI=1S/C16H24N2O/c1-11-8-12(2)15(13(3)9-11)16(10-17)5-4-14(19)18-7-6-16/h8-9H,4-7,10,17H2,1-3H3,(H,18,19). The van der Waals surface area contributed by atoms with Crippen LogP contribution in [0.1, 0.15) is 41.5 Å². The van der Waals surface area contributed by atoms with E-state index in [0.29, 0.717) is 13.0 Å². The molecule has 1 amide bonds. The second-order valence-corrected chi connectivity index (χ2v) is 5.86. The van der Waals surface area contributed by atoms with Gasteiger partial charge in [-0.25, -0.2) is 0 Å². The van der Waals surface area contributed by atoms with Crippen molar-refractivity contribution in [3.8, 4) is 0 Å². The molecule has 1 aliphatic rings. The maximum absolute atomic E-state index is 11.6. The molecule has 3 nitrogen and oxygen atoms in total. The molecule has 3 N–H and O–H groups in total. The maximum atomic E-state index is 11.6. The van der Waals surface area contributed by atoms with Gasteiger partial charge in [-0.1, -0.05) is 17.7 Å². The van der Waals surface area contributed by atoms with Crippen LogP contribution in [0.25, 0.3) is 0 Å². The molecule has 1 saturated heterocycles. The lowest BCUT2D eigenvalue weighted by Gasteiger charge is -2.34. The van der Waals surface area contributed by atoms with E-state index in [2.05, 4.69) is 38.2 Å². The third-order valence-electron chi connectivity index (χ3n) is 4.35. The van der Waals surface area contributed by atoms with E-state index in [1.54, 1.807) is 0 Å². The molecule has 1 aromatic carbocycles. The Morgan fingerprint density at radius 2 is 1.84 bits per heavy atom. The van der Waals surface area contributed by atoms with Crippen LogP contribution in [-0.4, -0.2) is 19.0 Å². The highest BCUT2D eigenvalue weighted by Crippen LogP contribution is 2.37. The third kappa shape index (κ3) is 2.66. The molecule has 1 fully saturated rings. The fourth-order valence-electron chi connectivity index (χ4n) is 3.58. The first-order valence-corrected chi connectivity index (χ1v) is 7.03. The van der Waals surface area contributed by atoms with Crippen LogP contribution in [0.15, 0.2) is 12.1 Å². The molecular weight excluding hydrogens is 236 g/mol. The molecule has 1 aromatic rings. The van der Waals surface area contributed by atoms with Gasteiger partial charge in [0.25, 0.3) is 0 Å². The number of hydrogen-bond donors (Lipinski definition) is 2. The summed E-state index contributed by atoms with van der Waals surface area (Å²) < 4.78 is 0. The molecule has 0 aromatic heterocycles. The average Bonchev–Trinajstić information content (AvgIpc) is 2.51. The molecule has 3 heteroatoms. The van der Waals surface area contributed by atoms with Crippen LogP contribution >= 0.6 is 0 Å². The molecule has 104 valence electrons. The number of nitrogens with two attached hydrogens (primary N) is 1. The zero-order valence-electron chi connectivity index (χ0n) is 12.2. The lowest BCUT2D eigenvalue weighted by molar-refractivity contribution is -0.120. The van der Waals surface area contributed by atoms with Gasteiger partial charge in [0, 0.05) is 24.9 Å². The highest BCUT2D eigenvalue weighted by atomic mass is 16.1. The van der Waals surface area contributed by atoms with E-state index in [1.807, 2.05) is 0 Å². The molecule has 0 radical (unpaired) electrons. The Balaban J connectivity index is 2.49. The molecule has 0 spiro atoms. The number of amides is 1. The molecule has 0 saturated carbocycles. The highest BCUT2D eigenvalue weighted by molar-refractivity contribution is 5.76. The molecular formula is C16H24N2O. The molecule has 1 aliphatic heterocycles. The van der Waals surface area contributed by atoms with E-state index in [9.17, 15) is 4.79 Å². The van der Waals surface area contributed by atoms with Crippen molar-refractivity contribution in [3.05, 3.63) is 34.4 Å². The lowest BCUT2D eigenvalue weighted by Crippen LogP contribution is -2.37. The molecule has 2 rings (SSSR count). The van der Waals surface area contributed by atoms with Crippen LogP contribution in [0.3, 0.4) is 0 Å². The summed E-state index contributed by atoms with van der Waals surface area (Å²) >= 11 is 0. The van der Waals surface area contributed by atoms with Crippen LogP contribution < -0.4 is 11.1 Å². The molecule has 0 aliphatic carbocycles. The Bertz CT molecular complexity index is 473. The van der Waals surface area contributed by atoms with E-state index < -0.39 is 0 Å². The van der Waals surface area contributed by atoms with Gasteiger partial charge in [-0.15, -0.1) is 0 Å². The summed E-state index contributed by atoms with van der Waals surface area (Å²) in [6.45, 7) is 7.77. The Kier molecular flexibility index (Phi) is 3.95. The Labute approximate surface area is 115 Å². The van der Waals surface area contributed by atoms with Gasteiger partial charge in [-0.2, -0.15) is 0 Å². The molecule has 0 bridgehead atoms. The van der Waals surface area contributed by atoms with Crippen LogP contribution in [0, 0.1) is 20.8 Å². The maximum Gasteiger partial charge on any atom is 0.220 e. The minimum absolute atomic E-state index is 0.0545. The van der Waals surface area contributed by atoms with Crippen LogP contribution in [0.2, 0.25) is 0 Å². The Morgan fingerprint density at radius 1 is 1.21 bits per heavy atom. The van der Waals surface area contributed by atoms with Gasteiger partial charge in [-0.05, 0) is 50.3 Å². The molecule has 1 unspecified atom stereocenters. The first kappa shape index (κ1) is 14.1. The smallest absolute Gasteiger partial charge is 0.220 e. The van der Waals surface area contributed by atoms with Gasteiger partial charge in [0.15, 0.2) is 0 Å². The van der Waals surface area contributed by atoms with Crippen molar-refractivity contribution in [2.45, 2.75) is 45.4 Å². The number of nitrogens with one attached hydrogen (secondary N) is 1. The normalized spacial score (nSPS) is 23.9. The monoisotopic (exact) mass is 260 g/mol. The lowest BCUT2D eigenvalue weighted by atomic mass is 9.71. The second-order valence-electron chi connectivity index (χ2n) is 5.86. The first-order chi connectivity index (χ1) is 8.98. The quantitative estimate of drug-likeness (QED) is 0.855. The summed E-state index contributed by atoms with van der Waals surface area (Å²) in [7, 11) is 0. The largest absolute Gasteiger partial charge is 0.356 e. The SMILES string of the molecule is Cc1cc(C)c(C2(CN)CCNC(=O)CC2)c(C)c1. The predicted molar refractivity (Wildman–Crippen MR) is 78.2 cm³/mol. The van der Waals surface area contributed by atoms with Gasteiger partial charge in [0.05, 0.1) is 0 Å². The highest BCUT2D eigenvalue weighted by Gasteiger charge is 2.35. The summed E-state index contributed by atoms with van der Waals surface area (Å²) in [5, 5.41) is 2.96. The van der Waals surface area contributed by atoms with E-state index in [1.165, 1.54) is 22.3 Å². The number of hydrogen-bond acceptors (Lipinski definition) is 2.